The maximum atomic E-state index is 13.4. The number of hydrogen-bond acceptors (Lipinski definition) is 5. The highest BCUT2D eigenvalue weighted by molar-refractivity contribution is 6.02. The average molecular weight is 518 g/mol. The van der Waals surface area contributed by atoms with Gasteiger partial charge in [-0.3, -0.25) is 14.6 Å². The molecule has 6 rings (SSSR count). The molecule has 0 saturated carbocycles. The van der Waals surface area contributed by atoms with E-state index in [4.69, 9.17) is 14.1 Å². The van der Waals surface area contributed by atoms with Crippen molar-refractivity contribution in [3.63, 3.8) is 0 Å². The number of allylic oxidation sites excluding steroid dienone is 6. The highest BCUT2D eigenvalue weighted by Gasteiger charge is 2.33. The summed E-state index contributed by atoms with van der Waals surface area (Å²) in [6.45, 7) is 6.87. The number of Topliss-reactive ketones (excluding diaryl/α,β-unsaturated/α-hetero) is 1. The third-order valence-electron chi connectivity index (χ3n) is 7.96. The molecule has 1 saturated heterocycles. The van der Waals surface area contributed by atoms with E-state index in [0.717, 1.165) is 39.8 Å². The Labute approximate surface area is 227 Å². The number of aryl methyl sites for hydroxylation is 1. The molecule has 0 spiro atoms. The third kappa shape index (κ3) is 4.90. The Hall–Kier alpha value is -4.09. The molecule has 3 unspecified atom stereocenters. The van der Waals surface area contributed by atoms with Crippen LogP contribution in [0.1, 0.15) is 58.6 Å². The topological polar surface area (TPSA) is 72.2 Å². The standard InChI is InChI=1S/C34H31NO4/c1-20-14-27(22(3)21(2)16-23-10-8-9-13-26(23)33(37)31-19-38-31)34-28(15-20)29(36)17-30(39-34)32-25-12-7-5-4-6-11-24(25)18-35-32/h4-15,17-18,21-22,31-32H,16,19H2,1-3H3/b5-4?,6-4-,7-5-,11-6?,12-7?,24-11-,25-12+/t21-,22?,31?,32?/m0/s1. The summed E-state index contributed by atoms with van der Waals surface area (Å²) in [5, 5.41) is 0.585. The highest BCUT2D eigenvalue weighted by atomic mass is 16.6. The van der Waals surface area contributed by atoms with Gasteiger partial charge in [0.05, 0.1) is 12.0 Å². The van der Waals surface area contributed by atoms with E-state index < -0.39 is 0 Å². The predicted octanol–water partition coefficient (Wildman–Crippen LogP) is 6.77. The molecule has 5 heteroatoms. The van der Waals surface area contributed by atoms with Gasteiger partial charge in [-0.1, -0.05) is 80.6 Å². The first-order valence-electron chi connectivity index (χ1n) is 13.5. The van der Waals surface area contributed by atoms with Gasteiger partial charge in [0.15, 0.2) is 11.2 Å². The van der Waals surface area contributed by atoms with Crippen molar-refractivity contribution in [2.24, 2.45) is 10.9 Å². The van der Waals surface area contributed by atoms with Crippen LogP contribution in [-0.4, -0.2) is 24.7 Å². The normalized spacial score (nSPS) is 25.4. The summed E-state index contributed by atoms with van der Waals surface area (Å²) in [6.07, 6.45) is 14.2. The number of carbonyl (C=O) groups is 1. The Balaban J connectivity index is 1.37. The summed E-state index contributed by atoms with van der Waals surface area (Å²) in [6, 6.07) is 13.1. The first-order chi connectivity index (χ1) is 18.9. The second-order valence-corrected chi connectivity index (χ2v) is 10.8. The number of ketones is 1. The Morgan fingerprint density at radius 1 is 1.05 bits per heavy atom. The van der Waals surface area contributed by atoms with Gasteiger partial charge in [-0.15, -0.1) is 0 Å². The zero-order valence-electron chi connectivity index (χ0n) is 22.4. The first kappa shape index (κ1) is 25.2. The molecular formula is C34H31NO4. The van der Waals surface area contributed by atoms with Gasteiger partial charge >= 0.3 is 0 Å². The van der Waals surface area contributed by atoms with Crippen LogP contribution >= 0.6 is 0 Å². The summed E-state index contributed by atoms with van der Waals surface area (Å²) in [4.78, 5) is 30.9. The molecule has 0 N–H and O–H groups in total. The van der Waals surface area contributed by atoms with E-state index in [0.29, 0.717) is 23.3 Å². The highest BCUT2D eigenvalue weighted by Crippen LogP contribution is 2.39. The number of benzene rings is 2. The van der Waals surface area contributed by atoms with Crippen LogP contribution in [0.15, 0.2) is 104 Å². The van der Waals surface area contributed by atoms with Crippen LogP contribution in [0, 0.1) is 12.8 Å². The van der Waals surface area contributed by atoms with Crippen molar-refractivity contribution in [3.8, 4) is 0 Å². The third-order valence-corrected chi connectivity index (χ3v) is 7.96. The van der Waals surface area contributed by atoms with Crippen molar-refractivity contribution in [1.82, 2.24) is 0 Å². The molecule has 0 radical (unpaired) electrons. The van der Waals surface area contributed by atoms with Gasteiger partial charge < -0.3 is 9.15 Å². The molecule has 3 aromatic rings. The van der Waals surface area contributed by atoms with Crippen LogP contribution in [0.25, 0.3) is 11.0 Å². The van der Waals surface area contributed by atoms with Gasteiger partial charge in [-0.2, -0.15) is 0 Å². The lowest BCUT2D eigenvalue weighted by Gasteiger charge is -2.23. The minimum absolute atomic E-state index is 0.0569. The molecule has 1 fully saturated rings. The number of nitrogens with zero attached hydrogens (tertiary/aromatic N) is 1. The zero-order chi connectivity index (χ0) is 27.1. The molecule has 5 nitrogen and oxygen atoms in total. The number of aliphatic imine (C=N–C) groups is 1. The maximum absolute atomic E-state index is 13.4. The van der Waals surface area contributed by atoms with Crippen LogP contribution in [0.3, 0.4) is 0 Å². The van der Waals surface area contributed by atoms with Crippen molar-refractivity contribution in [2.45, 2.75) is 45.3 Å². The number of ether oxygens (including phenoxy) is 1. The van der Waals surface area contributed by atoms with E-state index in [2.05, 4.69) is 19.9 Å². The molecule has 0 amide bonds. The van der Waals surface area contributed by atoms with E-state index in [-0.39, 0.29) is 35.2 Å². The van der Waals surface area contributed by atoms with Gasteiger partial charge in [-0.25, -0.2) is 0 Å². The molecule has 39 heavy (non-hydrogen) atoms. The van der Waals surface area contributed by atoms with Crippen LogP contribution in [0.5, 0.6) is 0 Å². The van der Waals surface area contributed by atoms with Gasteiger partial charge in [-0.05, 0) is 59.1 Å². The minimum Gasteiger partial charge on any atom is -0.458 e. The van der Waals surface area contributed by atoms with Crippen molar-refractivity contribution < 1.29 is 13.9 Å². The molecule has 4 atom stereocenters. The van der Waals surface area contributed by atoms with E-state index in [9.17, 15) is 9.59 Å². The summed E-state index contributed by atoms with van der Waals surface area (Å²) in [7, 11) is 0. The largest absolute Gasteiger partial charge is 0.458 e. The molecule has 3 aliphatic rings. The van der Waals surface area contributed by atoms with Gasteiger partial charge in [0.25, 0.3) is 0 Å². The lowest BCUT2D eigenvalue weighted by molar-refractivity contribution is 0.0952. The van der Waals surface area contributed by atoms with Crippen LogP contribution in [0.2, 0.25) is 0 Å². The zero-order valence-corrected chi connectivity index (χ0v) is 22.4. The fraction of sp³-hybridized carbons (Fsp3) is 0.265. The van der Waals surface area contributed by atoms with E-state index >= 15 is 0 Å². The van der Waals surface area contributed by atoms with Gasteiger partial charge in [0.1, 0.15) is 23.5 Å². The summed E-state index contributed by atoms with van der Waals surface area (Å²) in [5.41, 5.74) is 6.35. The summed E-state index contributed by atoms with van der Waals surface area (Å²) < 4.78 is 11.8. The first-order valence-corrected chi connectivity index (χ1v) is 13.5. The van der Waals surface area contributed by atoms with E-state index in [1.165, 1.54) is 0 Å². The fourth-order valence-electron chi connectivity index (χ4n) is 5.53. The Morgan fingerprint density at radius 3 is 2.62 bits per heavy atom. The quantitative estimate of drug-likeness (QED) is 0.256. The number of carbonyl (C=O) groups excluding carboxylic acids is 1. The Morgan fingerprint density at radius 2 is 1.82 bits per heavy atom. The molecular weight excluding hydrogens is 486 g/mol. The molecule has 1 aliphatic carbocycles. The summed E-state index contributed by atoms with van der Waals surface area (Å²) in [5.74, 6) is 0.854. The minimum atomic E-state index is -0.367. The van der Waals surface area contributed by atoms with Crippen molar-refractivity contribution in [1.29, 1.82) is 0 Å². The maximum Gasteiger partial charge on any atom is 0.194 e. The molecule has 3 heterocycles. The number of epoxide rings is 1. The van der Waals surface area contributed by atoms with E-state index in [1.807, 2.05) is 79.9 Å². The molecule has 2 aromatic carbocycles. The van der Waals surface area contributed by atoms with Crippen LogP contribution < -0.4 is 5.43 Å². The van der Waals surface area contributed by atoms with Gasteiger partial charge in [0.2, 0.25) is 0 Å². The number of rotatable bonds is 7. The molecule has 196 valence electrons. The fourth-order valence-corrected chi connectivity index (χ4v) is 5.53. The lowest BCUT2D eigenvalue weighted by atomic mass is 9.82. The van der Waals surface area contributed by atoms with Crippen molar-refractivity contribution >= 4 is 23.0 Å². The Kier molecular flexibility index (Phi) is 6.61. The van der Waals surface area contributed by atoms with Crippen LogP contribution in [0.4, 0.5) is 0 Å². The molecule has 0 bridgehead atoms. The Bertz CT molecular complexity index is 1680. The second kappa shape index (κ2) is 10.2. The number of fused-ring (bicyclic) bond motifs is 2. The SMILES string of the molecule is Cc1cc(C(C)[C@@H](C)Cc2ccccc2C(=O)C2CO2)c2oc(C3N=CC4=C/C=C\C=C/C=C\43)cc(=O)c2c1. The van der Waals surface area contributed by atoms with Crippen molar-refractivity contribution in [2.75, 3.05) is 6.61 Å². The van der Waals surface area contributed by atoms with Gasteiger partial charge in [0, 0.05) is 17.8 Å². The molecule has 1 aromatic heterocycles. The van der Waals surface area contributed by atoms with Crippen LogP contribution in [-0.2, 0) is 11.2 Å². The average Bonchev–Trinajstić information content (AvgIpc) is 3.69. The smallest absolute Gasteiger partial charge is 0.194 e. The van der Waals surface area contributed by atoms with Crippen molar-refractivity contribution in [3.05, 3.63) is 128 Å². The lowest BCUT2D eigenvalue weighted by Crippen LogP contribution is -2.16. The predicted molar refractivity (Wildman–Crippen MR) is 155 cm³/mol. The summed E-state index contributed by atoms with van der Waals surface area (Å²) >= 11 is 0. The molecule has 2 aliphatic heterocycles. The second-order valence-electron chi connectivity index (χ2n) is 10.8. The number of hydrogen-bond donors (Lipinski definition) is 0. The van der Waals surface area contributed by atoms with E-state index in [1.54, 1.807) is 6.07 Å². The monoisotopic (exact) mass is 517 g/mol.